The average Bonchev–Trinajstić information content (AvgIpc) is 3.11. The van der Waals surface area contributed by atoms with Crippen molar-refractivity contribution in [2.75, 3.05) is 18.9 Å². The quantitative estimate of drug-likeness (QED) is 0.920. The lowest BCUT2D eigenvalue weighted by Gasteiger charge is -2.16. The van der Waals surface area contributed by atoms with Gasteiger partial charge < -0.3 is 10.2 Å². The number of hydrogen-bond donors (Lipinski definition) is 1. The first-order valence-electron chi connectivity index (χ1n) is 5.42. The molecule has 0 saturated heterocycles. The number of likely N-dealkylation sites (N-methyl/N-ethyl adjacent to an activating group) is 1. The van der Waals surface area contributed by atoms with Gasteiger partial charge in [0.15, 0.2) is 0 Å². The Hall–Kier alpha value is -1.03. The van der Waals surface area contributed by atoms with E-state index in [4.69, 9.17) is 0 Å². The van der Waals surface area contributed by atoms with Crippen LogP contribution < -0.4 is 5.32 Å². The SMILES string of the molecule is CN(C(=O)CNc1ccc(Br)cc1)C1CC1. The second-order valence-corrected chi connectivity index (χ2v) is 5.01. The third kappa shape index (κ3) is 2.98. The molecule has 1 aliphatic carbocycles. The number of nitrogens with one attached hydrogen (secondary N) is 1. The summed E-state index contributed by atoms with van der Waals surface area (Å²) in [6, 6.07) is 8.30. The van der Waals surface area contributed by atoms with E-state index < -0.39 is 0 Å². The Morgan fingerprint density at radius 2 is 2.06 bits per heavy atom. The summed E-state index contributed by atoms with van der Waals surface area (Å²) in [4.78, 5) is 13.6. The monoisotopic (exact) mass is 282 g/mol. The highest BCUT2D eigenvalue weighted by Gasteiger charge is 2.29. The maximum atomic E-state index is 11.7. The molecule has 0 bridgehead atoms. The summed E-state index contributed by atoms with van der Waals surface area (Å²) in [5.74, 6) is 0.158. The predicted molar refractivity (Wildman–Crippen MR) is 68.4 cm³/mol. The summed E-state index contributed by atoms with van der Waals surface area (Å²) in [5, 5.41) is 3.12. The Balaban J connectivity index is 1.82. The van der Waals surface area contributed by atoms with Crippen LogP contribution in [0.4, 0.5) is 5.69 Å². The summed E-state index contributed by atoms with van der Waals surface area (Å²) in [7, 11) is 1.88. The lowest BCUT2D eigenvalue weighted by molar-refractivity contribution is -0.128. The Labute approximate surface area is 104 Å². The smallest absolute Gasteiger partial charge is 0.241 e. The van der Waals surface area contributed by atoms with Gasteiger partial charge in [-0.2, -0.15) is 0 Å². The molecule has 16 heavy (non-hydrogen) atoms. The van der Waals surface area contributed by atoms with Crippen LogP contribution in [0.25, 0.3) is 0 Å². The van der Waals surface area contributed by atoms with E-state index in [9.17, 15) is 4.79 Å². The maximum absolute atomic E-state index is 11.7. The fraction of sp³-hybridized carbons (Fsp3) is 0.417. The Morgan fingerprint density at radius 1 is 1.44 bits per heavy atom. The molecule has 1 amide bonds. The Morgan fingerprint density at radius 3 is 2.62 bits per heavy atom. The van der Waals surface area contributed by atoms with E-state index >= 15 is 0 Å². The molecule has 0 spiro atoms. The zero-order chi connectivity index (χ0) is 11.5. The molecular weight excluding hydrogens is 268 g/mol. The van der Waals surface area contributed by atoms with Gasteiger partial charge >= 0.3 is 0 Å². The summed E-state index contributed by atoms with van der Waals surface area (Å²) in [6.07, 6.45) is 2.31. The van der Waals surface area contributed by atoms with E-state index in [1.165, 1.54) is 0 Å². The number of benzene rings is 1. The fourth-order valence-corrected chi connectivity index (χ4v) is 1.80. The molecule has 1 fully saturated rings. The highest BCUT2D eigenvalue weighted by Crippen LogP contribution is 2.25. The van der Waals surface area contributed by atoms with Gasteiger partial charge in [0.2, 0.25) is 5.91 Å². The van der Waals surface area contributed by atoms with E-state index in [0.717, 1.165) is 23.0 Å². The van der Waals surface area contributed by atoms with Crippen molar-refractivity contribution in [1.29, 1.82) is 0 Å². The molecule has 0 aliphatic heterocycles. The molecule has 1 N–H and O–H groups in total. The molecule has 1 aromatic carbocycles. The van der Waals surface area contributed by atoms with Crippen molar-refractivity contribution in [2.45, 2.75) is 18.9 Å². The van der Waals surface area contributed by atoms with E-state index in [1.54, 1.807) is 0 Å². The van der Waals surface area contributed by atoms with Gasteiger partial charge in [0.05, 0.1) is 6.54 Å². The van der Waals surface area contributed by atoms with Crippen LogP contribution in [0.15, 0.2) is 28.7 Å². The first kappa shape index (κ1) is 11.5. The van der Waals surface area contributed by atoms with Crippen molar-refractivity contribution in [2.24, 2.45) is 0 Å². The van der Waals surface area contributed by atoms with Crippen LogP contribution in [-0.4, -0.2) is 30.4 Å². The van der Waals surface area contributed by atoms with Crippen LogP contribution in [0.2, 0.25) is 0 Å². The van der Waals surface area contributed by atoms with E-state index in [1.807, 2.05) is 36.2 Å². The minimum atomic E-state index is 0.158. The van der Waals surface area contributed by atoms with Gasteiger partial charge in [-0.25, -0.2) is 0 Å². The van der Waals surface area contributed by atoms with Crippen molar-refractivity contribution < 1.29 is 4.79 Å². The summed E-state index contributed by atoms with van der Waals surface area (Å²) < 4.78 is 1.04. The third-order valence-corrected chi connectivity index (χ3v) is 3.30. The number of anilines is 1. The molecular formula is C12H15BrN2O. The molecule has 0 unspecified atom stereocenters. The van der Waals surface area contributed by atoms with Gasteiger partial charge in [-0.3, -0.25) is 4.79 Å². The minimum absolute atomic E-state index is 0.158. The number of carbonyl (C=O) groups excluding carboxylic acids is 1. The second kappa shape index (κ2) is 4.87. The summed E-state index contributed by atoms with van der Waals surface area (Å²) in [6.45, 7) is 0.370. The van der Waals surface area contributed by atoms with Gasteiger partial charge in [0, 0.05) is 23.2 Å². The van der Waals surface area contributed by atoms with Crippen molar-refractivity contribution >= 4 is 27.5 Å². The van der Waals surface area contributed by atoms with Crippen LogP contribution in [0.3, 0.4) is 0 Å². The van der Waals surface area contributed by atoms with Gasteiger partial charge in [-0.1, -0.05) is 15.9 Å². The standard InChI is InChI=1S/C12H15BrN2O/c1-15(11-6-7-11)12(16)8-14-10-4-2-9(13)3-5-10/h2-5,11,14H,6-8H2,1H3. The van der Waals surface area contributed by atoms with Gasteiger partial charge in [0.1, 0.15) is 0 Å². The van der Waals surface area contributed by atoms with Crippen molar-refractivity contribution in [1.82, 2.24) is 4.90 Å². The average molecular weight is 283 g/mol. The Kier molecular flexibility index (Phi) is 3.49. The van der Waals surface area contributed by atoms with Crippen LogP contribution in [0, 0.1) is 0 Å². The lowest BCUT2D eigenvalue weighted by Crippen LogP contribution is -2.33. The first-order valence-corrected chi connectivity index (χ1v) is 6.21. The molecule has 86 valence electrons. The number of nitrogens with zero attached hydrogens (tertiary/aromatic N) is 1. The number of amides is 1. The molecule has 1 aliphatic rings. The van der Waals surface area contributed by atoms with Gasteiger partial charge in [0.25, 0.3) is 0 Å². The third-order valence-electron chi connectivity index (χ3n) is 2.78. The molecule has 0 radical (unpaired) electrons. The first-order chi connectivity index (χ1) is 7.66. The molecule has 3 nitrogen and oxygen atoms in total. The highest BCUT2D eigenvalue weighted by atomic mass is 79.9. The molecule has 0 aromatic heterocycles. The molecule has 1 saturated carbocycles. The predicted octanol–water partition coefficient (Wildman–Crippen LogP) is 2.48. The van der Waals surface area contributed by atoms with Crippen LogP contribution in [0.5, 0.6) is 0 Å². The topological polar surface area (TPSA) is 32.3 Å². The molecule has 4 heteroatoms. The summed E-state index contributed by atoms with van der Waals surface area (Å²) >= 11 is 3.37. The number of halogens is 1. The fourth-order valence-electron chi connectivity index (χ4n) is 1.54. The maximum Gasteiger partial charge on any atom is 0.241 e. The van der Waals surface area contributed by atoms with Crippen molar-refractivity contribution in [3.8, 4) is 0 Å². The number of rotatable bonds is 4. The van der Waals surface area contributed by atoms with E-state index in [2.05, 4.69) is 21.2 Å². The van der Waals surface area contributed by atoms with E-state index in [0.29, 0.717) is 12.6 Å². The summed E-state index contributed by atoms with van der Waals surface area (Å²) in [5.41, 5.74) is 0.973. The van der Waals surface area contributed by atoms with Gasteiger partial charge in [-0.05, 0) is 37.1 Å². The molecule has 1 aromatic rings. The highest BCUT2D eigenvalue weighted by molar-refractivity contribution is 9.10. The lowest BCUT2D eigenvalue weighted by atomic mass is 10.3. The molecule has 0 atom stereocenters. The minimum Gasteiger partial charge on any atom is -0.376 e. The van der Waals surface area contributed by atoms with Gasteiger partial charge in [-0.15, -0.1) is 0 Å². The van der Waals surface area contributed by atoms with E-state index in [-0.39, 0.29) is 5.91 Å². The normalized spacial score (nSPS) is 14.6. The zero-order valence-electron chi connectivity index (χ0n) is 9.24. The zero-order valence-corrected chi connectivity index (χ0v) is 10.8. The second-order valence-electron chi connectivity index (χ2n) is 4.10. The van der Waals surface area contributed by atoms with Crippen LogP contribution in [0.1, 0.15) is 12.8 Å². The molecule has 2 rings (SSSR count). The van der Waals surface area contributed by atoms with Crippen molar-refractivity contribution in [3.63, 3.8) is 0 Å². The molecule has 0 heterocycles. The van der Waals surface area contributed by atoms with Crippen molar-refractivity contribution in [3.05, 3.63) is 28.7 Å². The largest absolute Gasteiger partial charge is 0.376 e. The number of carbonyl (C=O) groups is 1. The van der Waals surface area contributed by atoms with Crippen LogP contribution >= 0.6 is 15.9 Å². The Bertz CT molecular complexity index is 373. The number of hydrogen-bond acceptors (Lipinski definition) is 2. The van der Waals surface area contributed by atoms with Crippen LogP contribution in [-0.2, 0) is 4.79 Å².